The minimum atomic E-state index is 0.0393. The van der Waals surface area contributed by atoms with Gasteiger partial charge >= 0.3 is 0 Å². The molecule has 2 aromatic carbocycles. The molecule has 30 heavy (non-hydrogen) atoms. The molecule has 0 bridgehead atoms. The van der Waals surface area contributed by atoms with E-state index in [4.69, 9.17) is 4.74 Å². The van der Waals surface area contributed by atoms with Gasteiger partial charge in [-0.25, -0.2) is 0 Å². The molecule has 2 aliphatic heterocycles. The van der Waals surface area contributed by atoms with Gasteiger partial charge in [0, 0.05) is 49.0 Å². The maximum atomic E-state index is 13.3. The number of thioether (sulfide) groups is 1. The molecular formula is C24H28N2O3S. The molecule has 158 valence electrons. The van der Waals surface area contributed by atoms with Crippen LogP contribution >= 0.6 is 11.8 Å². The second-order valence-electron chi connectivity index (χ2n) is 7.75. The van der Waals surface area contributed by atoms with E-state index in [0.29, 0.717) is 31.7 Å². The molecule has 4 rings (SSSR count). The van der Waals surface area contributed by atoms with Crippen LogP contribution in [-0.2, 0) is 4.74 Å². The minimum absolute atomic E-state index is 0.0393. The normalized spacial score (nSPS) is 19.5. The molecule has 1 atom stereocenters. The first-order valence-electron chi connectivity index (χ1n) is 10.7. The van der Waals surface area contributed by atoms with Crippen LogP contribution in [0.4, 0.5) is 0 Å². The van der Waals surface area contributed by atoms with Crippen LogP contribution in [0.1, 0.15) is 40.0 Å². The Labute approximate surface area is 182 Å². The molecule has 2 aromatic rings. The third-order valence-corrected chi connectivity index (χ3v) is 6.86. The highest BCUT2D eigenvalue weighted by atomic mass is 32.2. The lowest BCUT2D eigenvalue weighted by Crippen LogP contribution is -2.37. The average Bonchev–Trinajstić information content (AvgIpc) is 3.20. The summed E-state index contributed by atoms with van der Waals surface area (Å²) in [6.45, 7) is 3.31. The molecule has 0 spiro atoms. The Morgan fingerprint density at radius 2 is 1.57 bits per heavy atom. The van der Waals surface area contributed by atoms with E-state index in [-0.39, 0.29) is 17.9 Å². The number of rotatable bonds is 5. The van der Waals surface area contributed by atoms with E-state index in [2.05, 4.69) is 0 Å². The zero-order chi connectivity index (χ0) is 20.8. The first-order chi connectivity index (χ1) is 14.7. The lowest BCUT2D eigenvalue weighted by molar-refractivity contribution is 0.0717. The first-order valence-corrected chi connectivity index (χ1v) is 11.7. The third-order valence-electron chi connectivity index (χ3n) is 5.66. The first kappa shape index (κ1) is 20.9. The maximum absolute atomic E-state index is 13.3. The monoisotopic (exact) mass is 424 g/mol. The lowest BCUT2D eigenvalue weighted by Gasteiger charge is -2.23. The van der Waals surface area contributed by atoms with Crippen LogP contribution in [-0.4, -0.2) is 66.3 Å². The lowest BCUT2D eigenvalue weighted by atomic mass is 10.2. The number of nitrogens with zero attached hydrogens (tertiary/aromatic N) is 2. The highest BCUT2D eigenvalue weighted by Crippen LogP contribution is 2.28. The zero-order valence-electron chi connectivity index (χ0n) is 17.2. The molecule has 2 heterocycles. The topological polar surface area (TPSA) is 49.9 Å². The summed E-state index contributed by atoms with van der Waals surface area (Å²) in [4.78, 5) is 30.8. The Morgan fingerprint density at radius 3 is 2.30 bits per heavy atom. The van der Waals surface area contributed by atoms with Gasteiger partial charge in [-0.15, -0.1) is 11.8 Å². The van der Waals surface area contributed by atoms with Crippen LogP contribution in [0.5, 0.6) is 0 Å². The van der Waals surface area contributed by atoms with E-state index in [9.17, 15) is 9.59 Å². The van der Waals surface area contributed by atoms with Gasteiger partial charge < -0.3 is 14.5 Å². The summed E-state index contributed by atoms with van der Waals surface area (Å²) in [6, 6.07) is 17.2. The number of carbonyl (C=O) groups excluding carboxylic acids is 2. The van der Waals surface area contributed by atoms with Crippen LogP contribution in [0.2, 0.25) is 0 Å². The van der Waals surface area contributed by atoms with Gasteiger partial charge in [0.15, 0.2) is 0 Å². The molecule has 1 unspecified atom stereocenters. The van der Waals surface area contributed by atoms with Crippen molar-refractivity contribution in [2.75, 3.05) is 38.5 Å². The van der Waals surface area contributed by atoms with E-state index >= 15 is 0 Å². The van der Waals surface area contributed by atoms with Crippen LogP contribution in [0, 0.1) is 0 Å². The number of benzene rings is 2. The van der Waals surface area contributed by atoms with Crippen LogP contribution in [0.25, 0.3) is 0 Å². The summed E-state index contributed by atoms with van der Waals surface area (Å²) in [5, 5.41) is 0. The van der Waals surface area contributed by atoms with Crippen molar-refractivity contribution in [3.05, 3.63) is 65.7 Å². The minimum Gasteiger partial charge on any atom is -0.377 e. The summed E-state index contributed by atoms with van der Waals surface area (Å²) in [5.74, 6) is 0.973. The highest BCUT2D eigenvalue weighted by molar-refractivity contribution is 7.99. The molecule has 0 radical (unpaired) electrons. The third kappa shape index (κ3) is 5.05. The predicted molar refractivity (Wildman–Crippen MR) is 119 cm³/mol. The summed E-state index contributed by atoms with van der Waals surface area (Å²) in [5.41, 5.74) is 1.46. The second kappa shape index (κ2) is 10.1. The maximum Gasteiger partial charge on any atom is 0.255 e. The number of ether oxygens (including phenoxy) is 1. The van der Waals surface area contributed by atoms with Crippen LogP contribution in [0.3, 0.4) is 0 Å². The van der Waals surface area contributed by atoms with Crippen molar-refractivity contribution in [1.82, 2.24) is 9.80 Å². The van der Waals surface area contributed by atoms with E-state index < -0.39 is 0 Å². The van der Waals surface area contributed by atoms with Gasteiger partial charge in [-0.1, -0.05) is 30.3 Å². The average molecular weight is 425 g/mol. The van der Waals surface area contributed by atoms with Gasteiger partial charge in [0.25, 0.3) is 11.8 Å². The van der Waals surface area contributed by atoms with Gasteiger partial charge in [-0.2, -0.15) is 0 Å². The van der Waals surface area contributed by atoms with E-state index in [1.807, 2.05) is 64.4 Å². The second-order valence-corrected chi connectivity index (χ2v) is 8.81. The largest absolute Gasteiger partial charge is 0.377 e. The van der Waals surface area contributed by atoms with Crippen molar-refractivity contribution in [2.24, 2.45) is 0 Å². The van der Waals surface area contributed by atoms with E-state index in [0.717, 1.165) is 42.1 Å². The van der Waals surface area contributed by atoms with Gasteiger partial charge in [0.1, 0.15) is 0 Å². The number of hydrogen-bond acceptors (Lipinski definition) is 4. The highest BCUT2D eigenvalue weighted by Gasteiger charge is 2.25. The Balaban J connectivity index is 1.40. The molecular weight excluding hydrogens is 396 g/mol. The molecule has 2 fully saturated rings. The van der Waals surface area contributed by atoms with Crippen molar-refractivity contribution in [3.63, 3.8) is 0 Å². The SMILES string of the molecule is O=C(c1ccccc1)N1CCCN(C(=O)c2ccccc2SCC2CCCO2)CC1. The number of carbonyl (C=O) groups is 2. The van der Waals surface area contributed by atoms with Gasteiger partial charge in [-0.05, 0) is 43.5 Å². The fourth-order valence-electron chi connectivity index (χ4n) is 3.98. The van der Waals surface area contributed by atoms with Crippen molar-refractivity contribution in [2.45, 2.75) is 30.3 Å². The number of hydrogen-bond donors (Lipinski definition) is 0. The Hall–Kier alpha value is -2.31. The van der Waals surface area contributed by atoms with Gasteiger partial charge in [0.05, 0.1) is 11.7 Å². The van der Waals surface area contributed by atoms with Crippen molar-refractivity contribution >= 4 is 23.6 Å². The fraction of sp³-hybridized carbons (Fsp3) is 0.417. The van der Waals surface area contributed by atoms with E-state index in [1.165, 1.54) is 0 Å². The Kier molecular flexibility index (Phi) is 7.07. The summed E-state index contributed by atoms with van der Waals surface area (Å²) in [7, 11) is 0. The molecule has 5 nitrogen and oxygen atoms in total. The molecule has 0 N–H and O–H groups in total. The summed E-state index contributed by atoms with van der Waals surface area (Å²) >= 11 is 1.71. The summed E-state index contributed by atoms with van der Waals surface area (Å²) < 4.78 is 5.72. The molecule has 2 saturated heterocycles. The zero-order valence-corrected chi connectivity index (χ0v) is 18.0. The smallest absolute Gasteiger partial charge is 0.255 e. The molecule has 2 aliphatic rings. The summed E-state index contributed by atoms with van der Waals surface area (Å²) in [6.07, 6.45) is 3.29. The molecule has 2 amide bonds. The molecule has 0 aliphatic carbocycles. The van der Waals surface area contributed by atoms with Gasteiger partial charge in [-0.3, -0.25) is 9.59 Å². The van der Waals surface area contributed by atoms with Crippen molar-refractivity contribution in [3.8, 4) is 0 Å². The fourth-order valence-corrected chi connectivity index (χ4v) is 5.10. The van der Waals surface area contributed by atoms with Crippen LogP contribution < -0.4 is 0 Å². The quantitative estimate of drug-likeness (QED) is 0.682. The van der Waals surface area contributed by atoms with Crippen molar-refractivity contribution in [1.29, 1.82) is 0 Å². The van der Waals surface area contributed by atoms with Crippen molar-refractivity contribution < 1.29 is 14.3 Å². The standard InChI is InChI=1S/C24H28N2O3S/c27-23(19-8-2-1-3-9-19)25-13-7-14-26(16-15-25)24(28)21-11-4-5-12-22(21)30-18-20-10-6-17-29-20/h1-5,8-9,11-12,20H,6-7,10,13-18H2. The van der Waals surface area contributed by atoms with E-state index in [1.54, 1.807) is 11.8 Å². The number of amides is 2. The molecule has 6 heteroatoms. The van der Waals surface area contributed by atoms with Crippen LogP contribution in [0.15, 0.2) is 59.5 Å². The molecule has 0 saturated carbocycles. The molecule has 0 aromatic heterocycles. The predicted octanol–water partition coefficient (Wildman–Crippen LogP) is 3.95. The Bertz CT molecular complexity index is 868. The van der Waals surface area contributed by atoms with Gasteiger partial charge in [0.2, 0.25) is 0 Å². The Morgan fingerprint density at radius 1 is 0.867 bits per heavy atom.